The predicted octanol–water partition coefficient (Wildman–Crippen LogP) is -7.60. The van der Waals surface area contributed by atoms with E-state index in [0.29, 0.717) is 0 Å². The summed E-state index contributed by atoms with van der Waals surface area (Å²) in [6, 6.07) is 0. The summed E-state index contributed by atoms with van der Waals surface area (Å²) in [5.74, 6) is 0. The van der Waals surface area contributed by atoms with Crippen LogP contribution in [0.2, 0.25) is 0 Å². The van der Waals surface area contributed by atoms with Gasteiger partial charge in [0, 0.05) is 65.1 Å². The molecule has 0 unspecified atom stereocenters. The van der Waals surface area contributed by atoms with E-state index in [9.17, 15) is 0 Å². The Hall–Kier alpha value is 3.52. The van der Waals surface area contributed by atoms with E-state index in [1.165, 1.54) is 0 Å². The van der Waals surface area contributed by atoms with E-state index < -0.39 is 18.3 Å². The minimum atomic E-state index is -3.63. The fraction of sp³-hybridized carbons (Fsp3) is 0. The Labute approximate surface area is 172 Å². The van der Waals surface area contributed by atoms with Crippen molar-refractivity contribution in [1.29, 1.82) is 0 Å². The van der Waals surface area contributed by atoms with Crippen molar-refractivity contribution in [3.05, 3.63) is 0 Å². The van der Waals surface area contributed by atoms with Crippen molar-refractivity contribution >= 4 is 79.1 Å². The second-order valence-electron chi connectivity index (χ2n) is 0.500. The molecule has 0 aromatic heterocycles. The normalized spacial score (nSPS) is 3.69. The number of hydrogen-bond donors (Lipinski definition) is 0. The molecule has 0 atom stereocenters. The summed E-state index contributed by atoms with van der Waals surface area (Å²) in [6.45, 7) is 0. The van der Waals surface area contributed by atoms with E-state index in [2.05, 4.69) is 0 Å². The van der Waals surface area contributed by atoms with Gasteiger partial charge in [0.1, 0.15) is 0 Å². The third-order valence-electron chi connectivity index (χ3n) is 0. The molecule has 0 aromatic carbocycles. The van der Waals surface area contributed by atoms with E-state index in [-0.39, 0.29) is 129 Å². The molecule has 0 amide bonds. The van der Waals surface area contributed by atoms with Crippen LogP contribution in [-0.2, 0) is 77.4 Å². The molecule has 0 saturated carbocycles. The number of rotatable bonds is 0. The molecule has 13 heavy (non-hydrogen) atoms. The quantitative estimate of drug-likeness (QED) is 0.341. The van der Waals surface area contributed by atoms with E-state index >= 15 is 0 Å². The Morgan fingerprint density at radius 3 is 0.846 bits per heavy atom. The molecule has 0 radical (unpaired) electrons. The van der Waals surface area contributed by atoms with Crippen LogP contribution in [0.5, 0.6) is 0 Å². The molecule has 60 valence electrons. The smallest absolute Gasteiger partial charge is 0 e. The molecule has 0 bridgehead atoms. The van der Waals surface area contributed by atoms with Gasteiger partial charge in [0.25, 0.3) is 0 Å². The topological polar surface area (TPSA) is 126 Å². The zero-order valence-corrected chi connectivity index (χ0v) is 15.9. The van der Waals surface area contributed by atoms with Gasteiger partial charge >= 0.3 is 82.5 Å². The number of hydrogen-bond acceptors (Lipinski definition) is 6. The summed E-state index contributed by atoms with van der Waals surface area (Å²) in [6.07, 6.45) is 0. The van der Waals surface area contributed by atoms with E-state index in [1.54, 1.807) is 0 Å². The molecular weight excluding hydrogens is 442 g/mol. The molecule has 0 fully saturated rings. The van der Waals surface area contributed by atoms with Crippen molar-refractivity contribution in [3.8, 4) is 0 Å². The zero-order valence-electron chi connectivity index (χ0n) is 5.36. The van der Waals surface area contributed by atoms with E-state index in [0.717, 1.165) is 0 Å². The summed E-state index contributed by atoms with van der Waals surface area (Å²) < 4.78 is 17.0. The second kappa shape index (κ2) is 36.1. The average molecular weight is 446 g/mol. The first-order chi connectivity index (χ1) is 3.46. The van der Waals surface area contributed by atoms with Gasteiger partial charge in [-0.25, -0.2) is 0 Å². The van der Waals surface area contributed by atoms with Gasteiger partial charge in [0.2, 0.25) is 0 Å². The molecule has 0 N–H and O–H groups in total. The van der Waals surface area contributed by atoms with Gasteiger partial charge in [0.05, 0.1) is 0 Å². The minimum absolute atomic E-state index is 0. The molecule has 13 heteroatoms. The van der Waals surface area contributed by atoms with Crippen LogP contribution in [0.4, 0.5) is 0 Å². The molecule has 0 aromatic rings. The summed E-state index contributed by atoms with van der Waals surface area (Å²) in [5.41, 5.74) is 0. The maximum absolute atomic E-state index is 8.52. The first-order valence-corrected chi connectivity index (χ1v) is 3.67. The fourth-order valence-corrected chi connectivity index (χ4v) is 0. The largest absolute Gasteiger partial charge is 4.00 e. The van der Waals surface area contributed by atoms with Gasteiger partial charge in [-0.2, -0.15) is 0 Å². The second-order valence-corrected chi connectivity index (χ2v) is 1.50. The Morgan fingerprint density at radius 1 is 0.846 bits per heavy atom. The molecule has 0 aliphatic heterocycles. The van der Waals surface area contributed by atoms with Gasteiger partial charge < -0.3 is 28.1 Å². The van der Waals surface area contributed by atoms with Crippen LogP contribution in [0.1, 0.15) is 0 Å². The van der Waals surface area contributed by atoms with Crippen LogP contribution in [0.3, 0.4) is 0 Å². The van der Waals surface area contributed by atoms with Gasteiger partial charge in [-0.15, -0.1) is 0 Å². The van der Waals surface area contributed by atoms with Gasteiger partial charge in [-0.3, -0.25) is 0 Å². The SMILES string of the molecule is O=[Si]([O-])[O-].O=[Si]([O-])[O-].[CaH2].[Cd].[MgH2].[Ti+4].[Zn]. The summed E-state index contributed by atoms with van der Waals surface area (Å²) in [7, 11) is -7.26. The van der Waals surface area contributed by atoms with Crippen molar-refractivity contribution < 1.29 is 96.6 Å². The van der Waals surface area contributed by atoms with Crippen molar-refractivity contribution in [3.63, 3.8) is 0 Å². The molecule has 6 nitrogen and oxygen atoms in total. The summed E-state index contributed by atoms with van der Waals surface area (Å²) >= 11 is 0. The molecule has 0 saturated heterocycles. The van der Waals surface area contributed by atoms with Gasteiger partial charge in [-0.1, -0.05) is 0 Å². The van der Waals surface area contributed by atoms with Crippen molar-refractivity contribution in [1.82, 2.24) is 0 Å². The fourth-order valence-electron chi connectivity index (χ4n) is 0. The van der Waals surface area contributed by atoms with Crippen LogP contribution >= 0.6 is 0 Å². The van der Waals surface area contributed by atoms with Crippen LogP contribution < -0.4 is 19.2 Å². The molecule has 0 aliphatic rings. The predicted molar refractivity (Wildman–Crippen MR) is 30.0 cm³/mol. The minimum Gasteiger partial charge on any atom is 0 e. The van der Waals surface area contributed by atoms with Gasteiger partial charge in [0.15, 0.2) is 0 Å². The maximum Gasteiger partial charge on any atom is 4.00 e. The van der Waals surface area contributed by atoms with Crippen molar-refractivity contribution in [2.75, 3.05) is 0 Å². The molecule has 0 spiro atoms. The first-order valence-electron chi connectivity index (χ1n) is 1.22. The Bertz CT molecular complexity index is 88.6. The zero-order chi connectivity index (χ0) is 7.15. The van der Waals surface area contributed by atoms with Crippen LogP contribution in [0.25, 0.3) is 0 Å². The van der Waals surface area contributed by atoms with Crippen LogP contribution in [0.15, 0.2) is 0 Å². The maximum atomic E-state index is 8.52. The van der Waals surface area contributed by atoms with Crippen molar-refractivity contribution in [2.45, 2.75) is 0 Å². The third kappa shape index (κ3) is 229. The van der Waals surface area contributed by atoms with E-state index in [4.69, 9.17) is 28.1 Å². The van der Waals surface area contributed by atoms with E-state index in [1.807, 2.05) is 0 Å². The molecule has 0 heterocycles. The third-order valence-corrected chi connectivity index (χ3v) is 0. The van der Waals surface area contributed by atoms with Gasteiger partial charge in [-0.05, 0) is 0 Å². The standard InChI is InChI=1S/Ca.Cd.Mg.2O3Si.Ti.Zn.4H/c;;;2*1-4(2)3;;;;;;/q;;;2*-2;+4;;;;;. The van der Waals surface area contributed by atoms with Crippen LogP contribution in [-0.4, -0.2) is 79.1 Å². The molecule has 0 aliphatic carbocycles. The monoisotopic (exact) mass is 446 g/mol. The summed E-state index contributed by atoms with van der Waals surface area (Å²) in [4.78, 5) is 34.1. The van der Waals surface area contributed by atoms with Crippen LogP contribution in [0, 0.1) is 0 Å². The molecular formula is H4CaCdMgO6Si2TiZn. The summed E-state index contributed by atoms with van der Waals surface area (Å²) in [5, 5.41) is 0. The Balaban J connectivity index is -0.00000000800. The average Bonchev–Trinajstić information content (AvgIpc) is 1.25. The Kier molecular flexibility index (Phi) is 122. The molecule has 0 rings (SSSR count). The first kappa shape index (κ1) is 43.9. The van der Waals surface area contributed by atoms with Crippen molar-refractivity contribution in [2.24, 2.45) is 0 Å². The Morgan fingerprint density at radius 2 is 0.846 bits per heavy atom.